The van der Waals surface area contributed by atoms with E-state index in [9.17, 15) is 4.79 Å². The maximum Gasteiger partial charge on any atom is 0.224 e. The Morgan fingerprint density at radius 3 is 2.94 bits per heavy atom. The van der Waals surface area contributed by atoms with Crippen LogP contribution in [0.4, 0.5) is 0 Å². The second-order valence-electron chi connectivity index (χ2n) is 4.45. The molecule has 0 aliphatic carbocycles. The summed E-state index contributed by atoms with van der Waals surface area (Å²) in [6, 6.07) is 0. The van der Waals surface area contributed by atoms with Gasteiger partial charge in [0.25, 0.3) is 0 Å². The summed E-state index contributed by atoms with van der Waals surface area (Å²) in [4.78, 5) is 18.0. The molecule has 0 spiro atoms. The Labute approximate surface area is 102 Å². The number of carbonyl (C=O) groups excluding carboxylic acids is 1. The smallest absolute Gasteiger partial charge is 0.224 e. The number of nitrogens with one attached hydrogen (secondary N) is 1. The number of hydrogen-bond donors (Lipinski definition) is 1. The molecule has 1 aromatic heterocycles. The molecule has 1 saturated heterocycles. The Kier molecular flexibility index (Phi) is 4.14. The van der Waals surface area contributed by atoms with Crippen LogP contribution in [0.3, 0.4) is 0 Å². The van der Waals surface area contributed by atoms with Crippen molar-refractivity contribution in [1.82, 2.24) is 19.8 Å². The molecule has 0 atom stereocenters. The summed E-state index contributed by atoms with van der Waals surface area (Å²) < 4.78 is 2.05. The summed E-state index contributed by atoms with van der Waals surface area (Å²) >= 11 is 0. The molecule has 1 aliphatic heterocycles. The first-order chi connectivity index (χ1) is 8.31. The molecule has 0 unspecified atom stereocenters. The minimum absolute atomic E-state index is 0.270. The fourth-order valence-electron chi connectivity index (χ4n) is 2.22. The normalized spacial score (nSPS) is 15.5. The van der Waals surface area contributed by atoms with Gasteiger partial charge in [0.1, 0.15) is 0 Å². The van der Waals surface area contributed by atoms with Crippen molar-refractivity contribution < 1.29 is 4.79 Å². The molecule has 94 valence electrons. The van der Waals surface area contributed by atoms with Crippen molar-refractivity contribution in [2.24, 2.45) is 0 Å². The SMILES string of the molecule is CNCc1cncn1CCC(=O)N1CCCC1. The van der Waals surface area contributed by atoms with Crippen LogP contribution in [0.2, 0.25) is 0 Å². The third-order valence-corrected chi connectivity index (χ3v) is 3.18. The molecule has 0 aromatic carbocycles. The molecule has 1 N–H and O–H groups in total. The Balaban J connectivity index is 1.84. The van der Waals surface area contributed by atoms with Gasteiger partial charge in [0.05, 0.1) is 12.0 Å². The number of aryl methyl sites for hydroxylation is 1. The van der Waals surface area contributed by atoms with E-state index in [0.29, 0.717) is 6.42 Å². The van der Waals surface area contributed by atoms with E-state index in [4.69, 9.17) is 0 Å². The van der Waals surface area contributed by atoms with Gasteiger partial charge in [-0.2, -0.15) is 0 Å². The van der Waals surface area contributed by atoms with Gasteiger partial charge >= 0.3 is 0 Å². The van der Waals surface area contributed by atoms with Gasteiger partial charge in [-0.15, -0.1) is 0 Å². The topological polar surface area (TPSA) is 50.2 Å². The minimum Gasteiger partial charge on any atom is -0.343 e. The van der Waals surface area contributed by atoms with Crippen molar-refractivity contribution >= 4 is 5.91 Å². The highest BCUT2D eigenvalue weighted by atomic mass is 16.2. The van der Waals surface area contributed by atoms with Crippen LogP contribution in [0.1, 0.15) is 25.0 Å². The summed E-state index contributed by atoms with van der Waals surface area (Å²) in [6.45, 7) is 3.39. The Morgan fingerprint density at radius 1 is 1.47 bits per heavy atom. The number of rotatable bonds is 5. The third-order valence-electron chi connectivity index (χ3n) is 3.18. The van der Waals surface area contributed by atoms with Crippen LogP contribution in [-0.4, -0.2) is 40.5 Å². The van der Waals surface area contributed by atoms with E-state index in [2.05, 4.69) is 10.3 Å². The monoisotopic (exact) mass is 236 g/mol. The quantitative estimate of drug-likeness (QED) is 0.815. The van der Waals surface area contributed by atoms with Crippen LogP contribution in [0.25, 0.3) is 0 Å². The molecule has 17 heavy (non-hydrogen) atoms. The number of aromatic nitrogens is 2. The fourth-order valence-corrected chi connectivity index (χ4v) is 2.22. The number of carbonyl (C=O) groups is 1. The Morgan fingerprint density at radius 2 is 2.24 bits per heavy atom. The number of nitrogens with zero attached hydrogens (tertiary/aromatic N) is 3. The summed E-state index contributed by atoms with van der Waals surface area (Å²) in [7, 11) is 1.91. The van der Waals surface area contributed by atoms with Gasteiger partial charge in [0.2, 0.25) is 5.91 Å². The molecule has 0 bridgehead atoms. The zero-order valence-electron chi connectivity index (χ0n) is 10.4. The highest BCUT2D eigenvalue weighted by Gasteiger charge is 2.17. The summed E-state index contributed by atoms with van der Waals surface area (Å²) in [6.07, 6.45) is 6.53. The lowest BCUT2D eigenvalue weighted by molar-refractivity contribution is -0.130. The number of likely N-dealkylation sites (tertiary alicyclic amines) is 1. The highest BCUT2D eigenvalue weighted by molar-refractivity contribution is 5.76. The average molecular weight is 236 g/mol. The lowest BCUT2D eigenvalue weighted by Gasteiger charge is -2.15. The van der Waals surface area contributed by atoms with Crippen LogP contribution in [0.15, 0.2) is 12.5 Å². The molecule has 5 nitrogen and oxygen atoms in total. The van der Waals surface area contributed by atoms with Crippen molar-refractivity contribution in [3.63, 3.8) is 0 Å². The molecule has 2 rings (SSSR count). The van der Waals surface area contributed by atoms with Gasteiger partial charge in [0, 0.05) is 38.8 Å². The summed E-state index contributed by atoms with van der Waals surface area (Å²) in [5, 5.41) is 3.10. The number of imidazole rings is 1. The van der Waals surface area contributed by atoms with Crippen molar-refractivity contribution in [2.45, 2.75) is 32.4 Å². The van der Waals surface area contributed by atoms with Gasteiger partial charge in [-0.3, -0.25) is 4.79 Å². The maximum absolute atomic E-state index is 11.9. The molecule has 0 saturated carbocycles. The van der Waals surface area contributed by atoms with Gasteiger partial charge in [-0.05, 0) is 19.9 Å². The molecule has 1 fully saturated rings. The predicted octanol–water partition coefficient (Wildman–Crippen LogP) is 0.615. The van der Waals surface area contributed by atoms with E-state index in [0.717, 1.165) is 44.7 Å². The summed E-state index contributed by atoms with van der Waals surface area (Å²) in [5.41, 5.74) is 1.13. The van der Waals surface area contributed by atoms with Gasteiger partial charge in [-0.25, -0.2) is 4.98 Å². The summed E-state index contributed by atoms with van der Waals surface area (Å²) in [5.74, 6) is 0.270. The first-order valence-corrected chi connectivity index (χ1v) is 6.22. The molecule has 1 aromatic rings. The first-order valence-electron chi connectivity index (χ1n) is 6.22. The zero-order chi connectivity index (χ0) is 12.1. The number of amides is 1. The molecule has 5 heteroatoms. The fraction of sp³-hybridized carbons (Fsp3) is 0.667. The first kappa shape index (κ1) is 12.1. The van der Waals surface area contributed by atoms with Gasteiger partial charge in [-0.1, -0.05) is 0 Å². The van der Waals surface area contributed by atoms with E-state index >= 15 is 0 Å². The van der Waals surface area contributed by atoms with Crippen LogP contribution in [0, 0.1) is 0 Å². The minimum atomic E-state index is 0.270. The van der Waals surface area contributed by atoms with Crippen molar-refractivity contribution in [1.29, 1.82) is 0 Å². The molecule has 0 radical (unpaired) electrons. The average Bonchev–Trinajstić information content (AvgIpc) is 2.97. The Hall–Kier alpha value is -1.36. The Bertz CT molecular complexity index is 368. The van der Waals surface area contributed by atoms with E-state index in [1.165, 1.54) is 0 Å². The standard InChI is InChI=1S/C12H20N4O/c1-13-8-11-9-14-10-16(11)7-4-12(17)15-5-2-3-6-15/h9-10,13H,2-8H2,1H3. The molecular formula is C12H20N4O. The third kappa shape index (κ3) is 3.06. The van der Waals surface area contributed by atoms with Crippen LogP contribution >= 0.6 is 0 Å². The predicted molar refractivity (Wildman–Crippen MR) is 65.4 cm³/mol. The van der Waals surface area contributed by atoms with Crippen LogP contribution < -0.4 is 5.32 Å². The largest absolute Gasteiger partial charge is 0.343 e. The van der Waals surface area contributed by atoms with Crippen molar-refractivity contribution in [3.05, 3.63) is 18.2 Å². The van der Waals surface area contributed by atoms with Crippen molar-refractivity contribution in [3.8, 4) is 0 Å². The highest BCUT2D eigenvalue weighted by Crippen LogP contribution is 2.10. The number of hydrogen-bond acceptors (Lipinski definition) is 3. The van der Waals surface area contributed by atoms with E-state index < -0.39 is 0 Å². The van der Waals surface area contributed by atoms with Gasteiger partial charge < -0.3 is 14.8 Å². The van der Waals surface area contributed by atoms with Gasteiger partial charge in [0.15, 0.2) is 0 Å². The zero-order valence-corrected chi connectivity index (χ0v) is 10.4. The van der Waals surface area contributed by atoms with Crippen LogP contribution in [-0.2, 0) is 17.9 Å². The van der Waals surface area contributed by atoms with Crippen molar-refractivity contribution in [2.75, 3.05) is 20.1 Å². The van der Waals surface area contributed by atoms with E-state index in [1.807, 2.05) is 22.7 Å². The maximum atomic E-state index is 11.9. The van der Waals surface area contributed by atoms with E-state index in [1.54, 1.807) is 6.33 Å². The molecule has 1 aliphatic rings. The molecule has 1 amide bonds. The second kappa shape index (κ2) is 5.82. The van der Waals surface area contributed by atoms with E-state index in [-0.39, 0.29) is 5.91 Å². The lowest BCUT2D eigenvalue weighted by Crippen LogP contribution is -2.28. The second-order valence-corrected chi connectivity index (χ2v) is 4.45. The molecular weight excluding hydrogens is 216 g/mol. The lowest BCUT2D eigenvalue weighted by atomic mass is 10.3. The van der Waals surface area contributed by atoms with Crippen LogP contribution in [0.5, 0.6) is 0 Å². The molecule has 2 heterocycles.